The first-order chi connectivity index (χ1) is 36.0. The fraction of sp³-hybridized carbons (Fsp3) is 0.776. The second kappa shape index (κ2) is 61.4. The lowest BCUT2D eigenvalue weighted by molar-refractivity contribution is -0.167. The van der Waals surface area contributed by atoms with Gasteiger partial charge in [-0.25, -0.2) is 0 Å². The minimum atomic E-state index is -0.793. The van der Waals surface area contributed by atoms with E-state index in [2.05, 4.69) is 93.7 Å². The summed E-state index contributed by atoms with van der Waals surface area (Å²) in [5.74, 6) is -0.908. The van der Waals surface area contributed by atoms with Crippen molar-refractivity contribution in [3.8, 4) is 0 Å². The Kier molecular flexibility index (Phi) is 58.7. The van der Waals surface area contributed by atoms with Crippen molar-refractivity contribution in [2.45, 2.75) is 322 Å². The molecule has 0 aliphatic heterocycles. The van der Waals surface area contributed by atoms with Gasteiger partial charge in [-0.15, -0.1) is 0 Å². The van der Waals surface area contributed by atoms with Gasteiger partial charge in [-0.2, -0.15) is 0 Å². The molecule has 0 aliphatic rings. The number of rotatable bonds is 57. The molecule has 6 nitrogen and oxygen atoms in total. The summed E-state index contributed by atoms with van der Waals surface area (Å²) in [6.07, 6.45) is 79.0. The molecule has 1 atom stereocenters. The molecule has 0 aromatic carbocycles. The van der Waals surface area contributed by atoms with Crippen LogP contribution in [0.1, 0.15) is 316 Å². The zero-order chi connectivity index (χ0) is 52.9. The van der Waals surface area contributed by atoms with E-state index in [1.54, 1.807) is 0 Å². The van der Waals surface area contributed by atoms with E-state index in [1.165, 1.54) is 173 Å². The number of ether oxygens (including phenoxy) is 3. The third kappa shape index (κ3) is 59.6. The van der Waals surface area contributed by atoms with Crippen LogP contribution >= 0.6 is 0 Å². The van der Waals surface area contributed by atoms with E-state index < -0.39 is 6.10 Å². The van der Waals surface area contributed by atoms with Crippen LogP contribution in [0.3, 0.4) is 0 Å². The van der Waals surface area contributed by atoms with Gasteiger partial charge in [-0.3, -0.25) is 14.4 Å². The molecule has 73 heavy (non-hydrogen) atoms. The zero-order valence-corrected chi connectivity index (χ0v) is 48.4. The standard InChI is InChI=1S/C67H118O6/c1-4-7-10-13-16-19-22-25-28-30-31-32-33-34-35-37-39-42-45-48-51-54-57-60-66(69)72-63-64(62-71-65(68)59-56-53-50-47-44-41-38-27-24-21-18-15-12-9-6-3)73-67(70)61-58-55-52-49-46-43-40-36-29-26-23-20-17-14-11-8-5-2/h8,11,17,20,26-27,29-31,38,40,43,64H,4-7,9-10,12-16,18-19,21-25,28,32-37,39,41-42,44-63H2,1-3H3/b11-8-,20-17-,29-26-,31-30-,38-27-,43-40-. The van der Waals surface area contributed by atoms with Gasteiger partial charge >= 0.3 is 17.9 Å². The molecule has 0 bridgehead atoms. The van der Waals surface area contributed by atoms with E-state index >= 15 is 0 Å². The van der Waals surface area contributed by atoms with Gasteiger partial charge in [0.15, 0.2) is 6.10 Å². The smallest absolute Gasteiger partial charge is 0.306 e. The molecule has 0 aromatic rings. The van der Waals surface area contributed by atoms with Gasteiger partial charge < -0.3 is 14.2 Å². The third-order valence-electron chi connectivity index (χ3n) is 13.7. The Bertz CT molecular complexity index is 1360. The number of esters is 3. The summed E-state index contributed by atoms with van der Waals surface area (Å²) < 4.78 is 16.9. The maximum absolute atomic E-state index is 12.9. The fourth-order valence-corrected chi connectivity index (χ4v) is 8.95. The first-order valence-electron chi connectivity index (χ1n) is 31.4. The van der Waals surface area contributed by atoms with Crippen molar-refractivity contribution in [2.75, 3.05) is 13.2 Å². The van der Waals surface area contributed by atoms with Crippen LogP contribution in [0.5, 0.6) is 0 Å². The molecule has 0 aromatic heterocycles. The van der Waals surface area contributed by atoms with Gasteiger partial charge in [-0.05, 0) is 109 Å². The second-order valence-corrected chi connectivity index (χ2v) is 20.9. The lowest BCUT2D eigenvalue weighted by atomic mass is 10.0. The maximum Gasteiger partial charge on any atom is 0.306 e. The van der Waals surface area contributed by atoms with Crippen LogP contribution < -0.4 is 0 Å². The van der Waals surface area contributed by atoms with E-state index in [-0.39, 0.29) is 31.1 Å². The van der Waals surface area contributed by atoms with Crippen molar-refractivity contribution in [3.05, 3.63) is 72.9 Å². The summed E-state index contributed by atoms with van der Waals surface area (Å²) in [6.45, 7) is 6.53. The summed E-state index contributed by atoms with van der Waals surface area (Å²) in [5, 5.41) is 0. The van der Waals surface area contributed by atoms with Crippen molar-refractivity contribution < 1.29 is 28.6 Å². The highest BCUT2D eigenvalue weighted by molar-refractivity contribution is 5.71. The van der Waals surface area contributed by atoms with Crippen molar-refractivity contribution >= 4 is 17.9 Å². The Hall–Kier alpha value is -3.15. The highest BCUT2D eigenvalue weighted by atomic mass is 16.6. The van der Waals surface area contributed by atoms with Gasteiger partial charge in [0.05, 0.1) is 0 Å². The molecular formula is C67H118O6. The normalized spacial score (nSPS) is 12.5. The van der Waals surface area contributed by atoms with E-state index in [0.717, 1.165) is 103 Å². The number of hydrogen-bond acceptors (Lipinski definition) is 6. The number of carbonyl (C=O) groups excluding carboxylic acids is 3. The molecule has 0 saturated heterocycles. The van der Waals surface area contributed by atoms with Crippen LogP contribution in [-0.4, -0.2) is 37.2 Å². The highest BCUT2D eigenvalue weighted by Gasteiger charge is 2.19. The van der Waals surface area contributed by atoms with E-state index in [1.807, 2.05) is 0 Å². The van der Waals surface area contributed by atoms with Gasteiger partial charge in [0.25, 0.3) is 0 Å². The minimum absolute atomic E-state index is 0.0871. The molecule has 0 rings (SSSR count). The van der Waals surface area contributed by atoms with Crippen molar-refractivity contribution in [2.24, 2.45) is 0 Å². The molecular weight excluding hydrogens is 901 g/mol. The van der Waals surface area contributed by atoms with E-state index in [0.29, 0.717) is 19.3 Å². The van der Waals surface area contributed by atoms with Gasteiger partial charge in [0.1, 0.15) is 13.2 Å². The topological polar surface area (TPSA) is 78.9 Å². The second-order valence-electron chi connectivity index (χ2n) is 20.9. The Morgan fingerprint density at radius 2 is 0.534 bits per heavy atom. The van der Waals surface area contributed by atoms with E-state index in [4.69, 9.17) is 14.2 Å². The van der Waals surface area contributed by atoms with Crippen LogP contribution in [-0.2, 0) is 28.6 Å². The van der Waals surface area contributed by atoms with Crippen LogP contribution in [0.4, 0.5) is 0 Å². The minimum Gasteiger partial charge on any atom is -0.462 e. The number of unbranched alkanes of at least 4 members (excludes halogenated alkanes) is 34. The van der Waals surface area contributed by atoms with Crippen molar-refractivity contribution in [1.29, 1.82) is 0 Å². The largest absolute Gasteiger partial charge is 0.462 e. The predicted molar refractivity (Wildman–Crippen MR) is 316 cm³/mol. The monoisotopic (exact) mass is 1020 g/mol. The predicted octanol–water partition coefficient (Wildman–Crippen LogP) is 21.3. The number of carbonyl (C=O) groups is 3. The summed E-state index contributed by atoms with van der Waals surface area (Å²) in [7, 11) is 0. The third-order valence-corrected chi connectivity index (χ3v) is 13.7. The maximum atomic E-state index is 12.9. The molecule has 0 spiro atoms. The van der Waals surface area contributed by atoms with Crippen LogP contribution in [0.25, 0.3) is 0 Å². The molecule has 422 valence electrons. The molecule has 1 unspecified atom stereocenters. The molecule has 0 aliphatic carbocycles. The van der Waals surface area contributed by atoms with E-state index in [9.17, 15) is 14.4 Å². The van der Waals surface area contributed by atoms with Gasteiger partial charge in [0.2, 0.25) is 0 Å². The van der Waals surface area contributed by atoms with Crippen LogP contribution in [0, 0.1) is 0 Å². The molecule has 0 radical (unpaired) electrons. The van der Waals surface area contributed by atoms with Crippen LogP contribution in [0.2, 0.25) is 0 Å². The summed E-state index contributed by atoms with van der Waals surface area (Å²) in [5.41, 5.74) is 0. The summed E-state index contributed by atoms with van der Waals surface area (Å²) >= 11 is 0. The fourth-order valence-electron chi connectivity index (χ4n) is 8.95. The molecule has 0 N–H and O–H groups in total. The Morgan fingerprint density at radius 1 is 0.288 bits per heavy atom. The molecule has 0 amide bonds. The number of allylic oxidation sites excluding steroid dienone is 12. The Morgan fingerprint density at radius 3 is 0.849 bits per heavy atom. The molecule has 0 heterocycles. The Balaban J connectivity index is 4.36. The molecule has 0 saturated carbocycles. The van der Waals surface area contributed by atoms with Crippen molar-refractivity contribution in [3.63, 3.8) is 0 Å². The zero-order valence-electron chi connectivity index (χ0n) is 48.4. The lowest BCUT2D eigenvalue weighted by Gasteiger charge is -2.18. The van der Waals surface area contributed by atoms with Crippen molar-refractivity contribution in [1.82, 2.24) is 0 Å². The quantitative estimate of drug-likeness (QED) is 0.0261. The molecule has 6 heteroatoms. The first-order valence-corrected chi connectivity index (χ1v) is 31.4. The SMILES string of the molecule is CC/C=C\C/C=C\C/C=C\C/C=C\CCCCCCC(=O)OC(COC(=O)CCCCCCC/C=C\CCCCCCCC)COC(=O)CCCCCCCCCCCCC/C=C\CCCCCCCCCC. The highest BCUT2D eigenvalue weighted by Crippen LogP contribution is 2.16. The lowest BCUT2D eigenvalue weighted by Crippen LogP contribution is -2.30. The van der Waals surface area contributed by atoms with Gasteiger partial charge in [0, 0.05) is 19.3 Å². The van der Waals surface area contributed by atoms with Crippen LogP contribution in [0.15, 0.2) is 72.9 Å². The summed E-state index contributed by atoms with van der Waals surface area (Å²) in [4.78, 5) is 38.3. The Labute approximate surface area is 453 Å². The average Bonchev–Trinajstić information content (AvgIpc) is 3.39. The van der Waals surface area contributed by atoms with Gasteiger partial charge in [-0.1, -0.05) is 261 Å². The molecule has 0 fully saturated rings. The first kappa shape index (κ1) is 69.8. The summed E-state index contributed by atoms with van der Waals surface area (Å²) in [6, 6.07) is 0. The average molecular weight is 1020 g/mol. The number of hydrogen-bond donors (Lipinski definition) is 0.